The van der Waals surface area contributed by atoms with E-state index < -0.39 is 0 Å². The van der Waals surface area contributed by atoms with Crippen LogP contribution in [0.1, 0.15) is 30.4 Å². The Bertz CT molecular complexity index is 345. The van der Waals surface area contributed by atoms with Crippen LogP contribution in [0.4, 0.5) is 0 Å². The highest BCUT2D eigenvalue weighted by molar-refractivity contribution is 5.58. The van der Waals surface area contributed by atoms with Gasteiger partial charge in [-0.1, -0.05) is 55.5 Å². The van der Waals surface area contributed by atoms with Gasteiger partial charge in [-0.05, 0) is 17.5 Å². The van der Waals surface area contributed by atoms with Crippen molar-refractivity contribution in [2.45, 2.75) is 19.3 Å². The summed E-state index contributed by atoms with van der Waals surface area (Å²) in [7, 11) is 0. The Labute approximate surface area is 79.6 Å². The molecule has 1 aliphatic carbocycles. The van der Waals surface area contributed by atoms with Crippen molar-refractivity contribution in [1.82, 2.24) is 0 Å². The predicted octanol–water partition coefficient (Wildman–Crippen LogP) is 3.76. The fourth-order valence-corrected chi connectivity index (χ4v) is 1.82. The maximum Gasteiger partial charge on any atom is 0.00244 e. The van der Waals surface area contributed by atoms with E-state index in [0.29, 0.717) is 5.92 Å². The average Bonchev–Trinajstić information content (AvgIpc) is 2.39. The van der Waals surface area contributed by atoms with Crippen molar-refractivity contribution >= 4 is 6.08 Å². The van der Waals surface area contributed by atoms with Crippen LogP contribution >= 0.6 is 0 Å². The third-order valence-corrected chi connectivity index (χ3v) is 2.57. The normalized spacial score (nSPS) is 19.6. The zero-order valence-corrected chi connectivity index (χ0v) is 7.90. The van der Waals surface area contributed by atoms with Gasteiger partial charge in [0.15, 0.2) is 0 Å². The summed E-state index contributed by atoms with van der Waals surface area (Å²) in [5, 5.41) is 0. The molecule has 0 saturated carbocycles. The van der Waals surface area contributed by atoms with Crippen molar-refractivity contribution in [3.63, 3.8) is 0 Å². The summed E-state index contributed by atoms with van der Waals surface area (Å²) in [6, 6.07) is 8.63. The second kappa shape index (κ2) is 3.61. The Kier molecular flexibility index (Phi) is 2.31. The highest BCUT2D eigenvalue weighted by atomic mass is 14.1. The molecule has 0 bridgehead atoms. The van der Waals surface area contributed by atoms with Crippen LogP contribution in [0.25, 0.3) is 6.08 Å². The third kappa shape index (κ3) is 1.57. The van der Waals surface area contributed by atoms with Gasteiger partial charge in [-0.3, -0.25) is 0 Å². The van der Waals surface area contributed by atoms with E-state index in [-0.39, 0.29) is 0 Å². The van der Waals surface area contributed by atoms with Gasteiger partial charge in [-0.25, -0.2) is 0 Å². The summed E-state index contributed by atoms with van der Waals surface area (Å²) < 4.78 is 0. The molecule has 1 aliphatic rings. The van der Waals surface area contributed by atoms with Crippen molar-refractivity contribution < 1.29 is 0 Å². The quantitative estimate of drug-likeness (QED) is 0.602. The lowest BCUT2D eigenvalue weighted by Gasteiger charge is -2.11. The summed E-state index contributed by atoms with van der Waals surface area (Å²) in [6.45, 7) is 2.23. The number of benzene rings is 1. The van der Waals surface area contributed by atoms with Crippen molar-refractivity contribution in [3.05, 3.63) is 53.6 Å². The van der Waals surface area contributed by atoms with Crippen molar-refractivity contribution in [2.24, 2.45) is 0 Å². The van der Waals surface area contributed by atoms with E-state index in [0.717, 1.165) is 0 Å². The number of fused-ring (bicyclic) bond motifs is 1. The minimum absolute atomic E-state index is 0.589. The minimum atomic E-state index is 0.589. The molecule has 2 rings (SSSR count). The summed E-state index contributed by atoms with van der Waals surface area (Å²) >= 11 is 0. The molecular weight excluding hydrogens is 156 g/mol. The van der Waals surface area contributed by atoms with Gasteiger partial charge in [0, 0.05) is 5.92 Å². The largest absolute Gasteiger partial charge is 0.0770 e. The van der Waals surface area contributed by atoms with E-state index in [1.165, 1.54) is 17.5 Å². The fourth-order valence-electron chi connectivity index (χ4n) is 1.82. The molecule has 0 radical (unpaired) electrons. The molecule has 0 aromatic heterocycles. The van der Waals surface area contributed by atoms with E-state index in [9.17, 15) is 0 Å². The van der Waals surface area contributed by atoms with Gasteiger partial charge in [0.2, 0.25) is 0 Å². The van der Waals surface area contributed by atoms with Crippen LogP contribution in [0, 0.1) is 0 Å². The molecule has 0 heterocycles. The molecule has 1 atom stereocenters. The monoisotopic (exact) mass is 170 g/mol. The standard InChI is InChI=1S/C13H14/c1-2-11-7-3-4-8-12-9-5-6-10-13(11)12/h3-11H,2H2,1H3. The molecule has 66 valence electrons. The van der Waals surface area contributed by atoms with Crippen molar-refractivity contribution in [2.75, 3.05) is 0 Å². The van der Waals surface area contributed by atoms with Crippen LogP contribution in [0.2, 0.25) is 0 Å². The van der Waals surface area contributed by atoms with Gasteiger partial charge >= 0.3 is 0 Å². The predicted molar refractivity (Wildman–Crippen MR) is 57.6 cm³/mol. The first-order chi connectivity index (χ1) is 6.42. The minimum Gasteiger partial charge on any atom is -0.0770 e. The van der Waals surface area contributed by atoms with Crippen LogP contribution in [0.3, 0.4) is 0 Å². The zero-order valence-electron chi connectivity index (χ0n) is 7.90. The van der Waals surface area contributed by atoms with Gasteiger partial charge < -0.3 is 0 Å². The molecule has 13 heavy (non-hydrogen) atoms. The molecule has 0 aliphatic heterocycles. The third-order valence-electron chi connectivity index (χ3n) is 2.57. The molecule has 1 aromatic carbocycles. The maximum absolute atomic E-state index is 2.28. The van der Waals surface area contributed by atoms with Gasteiger partial charge in [0.05, 0.1) is 0 Å². The maximum atomic E-state index is 2.28. The molecule has 0 nitrogen and oxygen atoms in total. The first-order valence-corrected chi connectivity index (χ1v) is 4.85. The van der Waals surface area contributed by atoms with Crippen molar-refractivity contribution in [3.8, 4) is 0 Å². The van der Waals surface area contributed by atoms with E-state index in [1.54, 1.807) is 0 Å². The molecule has 1 aromatic rings. The first-order valence-electron chi connectivity index (χ1n) is 4.85. The smallest absolute Gasteiger partial charge is 0.00244 e. The summed E-state index contributed by atoms with van der Waals surface area (Å²) in [5.41, 5.74) is 2.81. The van der Waals surface area contributed by atoms with Crippen molar-refractivity contribution in [1.29, 1.82) is 0 Å². The molecule has 0 N–H and O–H groups in total. The van der Waals surface area contributed by atoms with Gasteiger partial charge in [-0.15, -0.1) is 0 Å². The lowest BCUT2D eigenvalue weighted by molar-refractivity contribution is 0.805. The van der Waals surface area contributed by atoms with E-state index in [1.807, 2.05) is 0 Å². The molecule has 0 heteroatoms. The van der Waals surface area contributed by atoms with E-state index >= 15 is 0 Å². The lowest BCUT2D eigenvalue weighted by Crippen LogP contribution is -1.94. The van der Waals surface area contributed by atoms with Crippen LogP contribution in [-0.2, 0) is 0 Å². The fraction of sp³-hybridized carbons (Fsp3) is 0.231. The Morgan fingerprint density at radius 1 is 1.15 bits per heavy atom. The SMILES string of the molecule is CCC1C=CC=Cc2ccccc21. The number of rotatable bonds is 1. The second-order valence-corrected chi connectivity index (χ2v) is 3.39. The second-order valence-electron chi connectivity index (χ2n) is 3.39. The van der Waals surface area contributed by atoms with E-state index in [4.69, 9.17) is 0 Å². The zero-order chi connectivity index (χ0) is 9.10. The Hall–Kier alpha value is -1.30. The summed E-state index contributed by atoms with van der Waals surface area (Å²) in [6.07, 6.45) is 9.90. The Morgan fingerprint density at radius 3 is 2.85 bits per heavy atom. The average molecular weight is 170 g/mol. The molecule has 0 fully saturated rings. The van der Waals surface area contributed by atoms with Gasteiger partial charge in [-0.2, -0.15) is 0 Å². The summed E-state index contributed by atoms with van der Waals surface area (Å²) in [5.74, 6) is 0.589. The summed E-state index contributed by atoms with van der Waals surface area (Å²) in [4.78, 5) is 0. The van der Waals surface area contributed by atoms with E-state index in [2.05, 4.69) is 55.5 Å². The first kappa shape index (κ1) is 8.31. The topological polar surface area (TPSA) is 0 Å². The van der Waals surface area contributed by atoms with Gasteiger partial charge in [0.25, 0.3) is 0 Å². The van der Waals surface area contributed by atoms with Crippen LogP contribution in [0.5, 0.6) is 0 Å². The van der Waals surface area contributed by atoms with Gasteiger partial charge in [0.1, 0.15) is 0 Å². The Balaban J connectivity index is 2.50. The molecule has 1 unspecified atom stereocenters. The number of hydrogen-bond acceptors (Lipinski definition) is 0. The lowest BCUT2D eigenvalue weighted by atomic mass is 9.93. The number of allylic oxidation sites excluding steroid dienone is 3. The number of hydrogen-bond donors (Lipinski definition) is 0. The van der Waals surface area contributed by atoms with Crippen LogP contribution in [-0.4, -0.2) is 0 Å². The molecule has 0 spiro atoms. The molecule has 0 amide bonds. The van der Waals surface area contributed by atoms with Crippen LogP contribution in [0.15, 0.2) is 42.5 Å². The van der Waals surface area contributed by atoms with Crippen LogP contribution < -0.4 is 0 Å². The highest BCUT2D eigenvalue weighted by Crippen LogP contribution is 2.27. The molecule has 0 saturated heterocycles. The Morgan fingerprint density at radius 2 is 2.00 bits per heavy atom. The molecular formula is C13H14. The highest BCUT2D eigenvalue weighted by Gasteiger charge is 2.09.